The molecule has 0 fully saturated rings. The van der Waals surface area contributed by atoms with E-state index < -0.39 is 23.8 Å². The van der Waals surface area contributed by atoms with E-state index in [9.17, 15) is 14.0 Å². The monoisotopic (exact) mass is 409 g/mol. The molecule has 0 saturated heterocycles. The maximum absolute atomic E-state index is 13.7. The average Bonchev–Trinajstić information content (AvgIpc) is 3.39. The molecule has 4 rings (SSSR count). The molecule has 0 aliphatic carbocycles. The van der Waals surface area contributed by atoms with Crippen LogP contribution in [0.15, 0.2) is 57.7 Å². The molecule has 3 heterocycles. The third-order valence-electron chi connectivity index (χ3n) is 4.40. The summed E-state index contributed by atoms with van der Waals surface area (Å²) in [4.78, 5) is 29.5. The summed E-state index contributed by atoms with van der Waals surface area (Å²) in [6, 6.07) is 10.5. The van der Waals surface area contributed by atoms with Crippen LogP contribution in [0, 0.1) is 12.7 Å². The summed E-state index contributed by atoms with van der Waals surface area (Å²) >= 11 is 0. The maximum atomic E-state index is 13.7. The third-order valence-corrected chi connectivity index (χ3v) is 4.40. The van der Waals surface area contributed by atoms with Gasteiger partial charge in [-0.2, -0.15) is 0 Å². The SMILES string of the molecule is Cc1noc2nc(-c3ccco3)cc(C(=O)OC(C)C(=O)Nc3ccccc3F)c12. The van der Waals surface area contributed by atoms with Gasteiger partial charge in [-0.05, 0) is 44.2 Å². The highest BCUT2D eigenvalue weighted by Crippen LogP contribution is 2.28. The maximum Gasteiger partial charge on any atom is 0.339 e. The topological polar surface area (TPSA) is 107 Å². The molecule has 0 spiro atoms. The first-order valence-electron chi connectivity index (χ1n) is 9.01. The number of pyridine rings is 1. The fourth-order valence-corrected chi connectivity index (χ4v) is 2.88. The molecule has 1 amide bonds. The van der Waals surface area contributed by atoms with Gasteiger partial charge >= 0.3 is 5.97 Å². The van der Waals surface area contributed by atoms with Crippen molar-refractivity contribution in [3.63, 3.8) is 0 Å². The number of esters is 1. The standard InChI is InChI=1S/C21H16FN3O5/c1-11-18-13(10-16(17-8-5-9-28-17)24-20(18)30-25-11)21(27)29-12(2)19(26)23-15-7-4-3-6-14(15)22/h3-10,12H,1-2H3,(H,23,26). The van der Waals surface area contributed by atoms with E-state index in [0.29, 0.717) is 22.5 Å². The van der Waals surface area contributed by atoms with Crippen molar-refractivity contribution >= 4 is 28.7 Å². The Bertz CT molecular complexity index is 1230. The van der Waals surface area contributed by atoms with Crippen molar-refractivity contribution in [3.05, 3.63) is 65.8 Å². The van der Waals surface area contributed by atoms with Gasteiger partial charge in [0.05, 0.1) is 28.6 Å². The largest absolute Gasteiger partial charge is 0.463 e. The number of fused-ring (bicyclic) bond motifs is 1. The second kappa shape index (κ2) is 7.78. The number of hydrogen-bond acceptors (Lipinski definition) is 7. The normalized spacial score (nSPS) is 12.0. The molecule has 0 radical (unpaired) electrons. The Kier molecular flexibility index (Phi) is 5.01. The Labute approximate surface area is 169 Å². The highest BCUT2D eigenvalue weighted by Gasteiger charge is 2.25. The molecule has 0 saturated carbocycles. The van der Waals surface area contributed by atoms with Gasteiger partial charge in [0.1, 0.15) is 11.5 Å². The summed E-state index contributed by atoms with van der Waals surface area (Å²) in [6.07, 6.45) is 0.285. The Morgan fingerprint density at radius 1 is 1.20 bits per heavy atom. The molecule has 30 heavy (non-hydrogen) atoms. The number of para-hydroxylation sites is 1. The van der Waals surface area contributed by atoms with Crippen LogP contribution >= 0.6 is 0 Å². The van der Waals surface area contributed by atoms with Gasteiger partial charge in [-0.3, -0.25) is 4.79 Å². The number of ether oxygens (including phenoxy) is 1. The molecular formula is C21H16FN3O5. The smallest absolute Gasteiger partial charge is 0.339 e. The van der Waals surface area contributed by atoms with Crippen molar-refractivity contribution < 1.29 is 27.7 Å². The number of aromatic nitrogens is 2. The van der Waals surface area contributed by atoms with Crippen molar-refractivity contribution in [3.8, 4) is 11.5 Å². The van der Waals surface area contributed by atoms with Crippen LogP contribution in [0.4, 0.5) is 10.1 Å². The van der Waals surface area contributed by atoms with Gasteiger partial charge in [0.2, 0.25) is 0 Å². The highest BCUT2D eigenvalue weighted by molar-refractivity contribution is 6.05. The number of carbonyl (C=O) groups is 2. The zero-order valence-electron chi connectivity index (χ0n) is 16.0. The van der Waals surface area contributed by atoms with Crippen molar-refractivity contribution in [1.29, 1.82) is 0 Å². The van der Waals surface area contributed by atoms with Crippen molar-refractivity contribution in [2.75, 3.05) is 5.32 Å². The number of amides is 1. The van der Waals surface area contributed by atoms with E-state index >= 15 is 0 Å². The first kappa shape index (κ1) is 19.3. The fraction of sp³-hybridized carbons (Fsp3) is 0.143. The molecule has 1 N–H and O–H groups in total. The summed E-state index contributed by atoms with van der Waals surface area (Å²) in [5, 5.41) is 6.61. The molecule has 9 heteroatoms. The van der Waals surface area contributed by atoms with Gasteiger partial charge < -0.3 is 19.0 Å². The lowest BCUT2D eigenvalue weighted by molar-refractivity contribution is -0.123. The number of hydrogen-bond donors (Lipinski definition) is 1. The van der Waals surface area contributed by atoms with Gasteiger partial charge in [-0.1, -0.05) is 17.3 Å². The number of halogens is 1. The van der Waals surface area contributed by atoms with E-state index in [0.717, 1.165) is 0 Å². The van der Waals surface area contributed by atoms with E-state index in [1.807, 2.05) is 0 Å². The summed E-state index contributed by atoms with van der Waals surface area (Å²) in [7, 11) is 0. The van der Waals surface area contributed by atoms with Crippen molar-refractivity contribution in [2.45, 2.75) is 20.0 Å². The van der Waals surface area contributed by atoms with Crippen molar-refractivity contribution in [1.82, 2.24) is 10.1 Å². The van der Waals surface area contributed by atoms with Gasteiger partial charge in [-0.15, -0.1) is 0 Å². The number of rotatable bonds is 5. The molecule has 3 aromatic heterocycles. The minimum atomic E-state index is -1.19. The van der Waals surface area contributed by atoms with Gasteiger partial charge in [0.15, 0.2) is 11.9 Å². The Morgan fingerprint density at radius 2 is 2.00 bits per heavy atom. The highest BCUT2D eigenvalue weighted by atomic mass is 19.1. The van der Waals surface area contributed by atoms with Gasteiger partial charge in [0, 0.05) is 0 Å². The number of benzene rings is 1. The molecule has 0 aliphatic heterocycles. The van der Waals surface area contributed by atoms with Gasteiger partial charge in [-0.25, -0.2) is 14.2 Å². The molecule has 8 nitrogen and oxygen atoms in total. The number of carbonyl (C=O) groups excluding carboxylic acids is 2. The quantitative estimate of drug-likeness (QED) is 0.494. The zero-order chi connectivity index (χ0) is 21.3. The lowest BCUT2D eigenvalue weighted by Crippen LogP contribution is -2.30. The van der Waals surface area contributed by atoms with Crippen LogP contribution in [0.3, 0.4) is 0 Å². The second-order valence-electron chi connectivity index (χ2n) is 6.50. The van der Waals surface area contributed by atoms with E-state index in [4.69, 9.17) is 13.7 Å². The molecule has 152 valence electrons. The first-order chi connectivity index (χ1) is 14.4. The number of aryl methyl sites for hydroxylation is 1. The number of furan rings is 1. The summed E-state index contributed by atoms with van der Waals surface area (Å²) in [6.45, 7) is 3.05. The Hall–Kier alpha value is -4.01. The van der Waals surface area contributed by atoms with Gasteiger partial charge in [0.25, 0.3) is 11.6 Å². The molecule has 1 aromatic carbocycles. The summed E-state index contributed by atoms with van der Waals surface area (Å²) in [5.74, 6) is -1.63. The lowest BCUT2D eigenvalue weighted by atomic mass is 10.1. The Balaban J connectivity index is 1.60. The lowest BCUT2D eigenvalue weighted by Gasteiger charge is -2.14. The fourth-order valence-electron chi connectivity index (χ4n) is 2.88. The van der Waals surface area contributed by atoms with Crippen LogP contribution in [-0.2, 0) is 9.53 Å². The third kappa shape index (κ3) is 3.64. The van der Waals surface area contributed by atoms with Crippen LogP contribution < -0.4 is 5.32 Å². The van der Waals surface area contributed by atoms with E-state index in [2.05, 4.69) is 15.5 Å². The van der Waals surface area contributed by atoms with Crippen LogP contribution in [0.25, 0.3) is 22.6 Å². The number of nitrogens with one attached hydrogen (secondary N) is 1. The van der Waals surface area contributed by atoms with E-state index in [-0.39, 0.29) is 17.0 Å². The Morgan fingerprint density at radius 3 is 2.73 bits per heavy atom. The zero-order valence-corrected chi connectivity index (χ0v) is 16.0. The molecule has 0 bridgehead atoms. The molecule has 1 unspecified atom stereocenters. The van der Waals surface area contributed by atoms with Crippen LogP contribution in [0.2, 0.25) is 0 Å². The molecule has 1 atom stereocenters. The number of anilines is 1. The molecule has 0 aliphatic rings. The first-order valence-corrected chi connectivity index (χ1v) is 9.01. The predicted octanol–water partition coefficient (Wildman–Crippen LogP) is 4.11. The molecular weight excluding hydrogens is 393 g/mol. The molecule has 4 aromatic rings. The van der Waals surface area contributed by atoms with E-state index in [1.165, 1.54) is 37.5 Å². The van der Waals surface area contributed by atoms with Crippen LogP contribution in [-0.4, -0.2) is 28.1 Å². The number of nitrogens with zero attached hydrogens (tertiary/aromatic N) is 2. The minimum absolute atomic E-state index is 0.00770. The average molecular weight is 409 g/mol. The van der Waals surface area contributed by atoms with E-state index in [1.54, 1.807) is 25.1 Å². The summed E-state index contributed by atoms with van der Waals surface area (Å²) < 4.78 is 29.6. The van der Waals surface area contributed by atoms with Crippen LogP contribution in [0.5, 0.6) is 0 Å². The minimum Gasteiger partial charge on any atom is -0.463 e. The predicted molar refractivity (Wildman–Crippen MR) is 104 cm³/mol. The second-order valence-corrected chi connectivity index (χ2v) is 6.50. The van der Waals surface area contributed by atoms with Crippen molar-refractivity contribution in [2.24, 2.45) is 0 Å². The summed E-state index contributed by atoms with van der Waals surface area (Å²) in [5.41, 5.74) is 1.04. The van der Waals surface area contributed by atoms with Crippen LogP contribution in [0.1, 0.15) is 23.0 Å².